The molecule has 1 aliphatic carbocycles. The number of benzene rings is 2. The number of rotatable bonds is 6. The van der Waals surface area contributed by atoms with Crippen molar-refractivity contribution in [2.75, 3.05) is 11.9 Å². The Hall–Kier alpha value is -2.82. The van der Waals surface area contributed by atoms with Crippen LogP contribution in [0.3, 0.4) is 0 Å². The lowest BCUT2D eigenvalue weighted by atomic mass is 9.94. The van der Waals surface area contributed by atoms with E-state index in [2.05, 4.69) is 24.5 Å². The summed E-state index contributed by atoms with van der Waals surface area (Å²) in [6.45, 7) is 4.81. The highest BCUT2D eigenvalue weighted by molar-refractivity contribution is 6.00. The Morgan fingerprint density at radius 1 is 1.03 bits per heavy atom. The van der Waals surface area contributed by atoms with Crippen LogP contribution >= 0.6 is 0 Å². The van der Waals surface area contributed by atoms with Gasteiger partial charge in [0.15, 0.2) is 0 Å². The monoisotopic (exact) mass is 405 g/mol. The number of nitrogens with zero attached hydrogens (tertiary/aromatic N) is 1. The number of fused-ring (bicyclic) bond motifs is 1. The second kappa shape index (κ2) is 8.90. The van der Waals surface area contributed by atoms with Gasteiger partial charge in [-0.15, -0.1) is 0 Å². The first kappa shape index (κ1) is 20.5. The van der Waals surface area contributed by atoms with Gasteiger partial charge in [0.25, 0.3) is 11.8 Å². The van der Waals surface area contributed by atoms with Gasteiger partial charge in [-0.05, 0) is 49.1 Å². The van der Waals surface area contributed by atoms with E-state index in [0.717, 1.165) is 29.7 Å². The first-order chi connectivity index (χ1) is 14.5. The average molecular weight is 406 g/mol. The molecule has 0 saturated heterocycles. The highest BCUT2D eigenvalue weighted by atomic mass is 16.2. The molecule has 2 N–H and O–H groups in total. The Kier molecular flexibility index (Phi) is 6.07. The molecule has 30 heavy (non-hydrogen) atoms. The molecule has 4 rings (SSSR count). The highest BCUT2D eigenvalue weighted by Gasteiger charge is 2.40. The second-order valence-corrected chi connectivity index (χ2v) is 8.82. The predicted molar refractivity (Wildman–Crippen MR) is 119 cm³/mol. The van der Waals surface area contributed by atoms with Crippen molar-refractivity contribution in [3.8, 4) is 0 Å². The first-order valence-electron chi connectivity index (χ1n) is 11.1. The van der Waals surface area contributed by atoms with Crippen molar-refractivity contribution in [1.29, 1.82) is 0 Å². The van der Waals surface area contributed by atoms with Crippen LogP contribution in [0.5, 0.6) is 0 Å². The summed E-state index contributed by atoms with van der Waals surface area (Å²) in [7, 11) is 0. The lowest BCUT2D eigenvalue weighted by molar-refractivity contribution is 0.0600. The quantitative estimate of drug-likeness (QED) is 0.713. The molecule has 0 unspecified atom stereocenters. The smallest absolute Gasteiger partial charge is 0.256 e. The van der Waals surface area contributed by atoms with Gasteiger partial charge < -0.3 is 15.5 Å². The number of hydrogen-bond acceptors (Lipinski definition) is 3. The molecule has 1 heterocycles. The van der Waals surface area contributed by atoms with Crippen LogP contribution in [0, 0.1) is 5.92 Å². The number of carbonyl (C=O) groups excluding carboxylic acids is 2. The summed E-state index contributed by atoms with van der Waals surface area (Å²) in [5.41, 5.74) is 3.39. The molecule has 2 aromatic carbocycles. The third kappa shape index (κ3) is 4.20. The van der Waals surface area contributed by atoms with E-state index in [-0.39, 0.29) is 24.0 Å². The van der Waals surface area contributed by atoms with Gasteiger partial charge in [0, 0.05) is 35.0 Å². The van der Waals surface area contributed by atoms with Crippen molar-refractivity contribution in [2.45, 2.75) is 58.2 Å². The van der Waals surface area contributed by atoms with Crippen molar-refractivity contribution in [3.05, 3.63) is 65.2 Å². The van der Waals surface area contributed by atoms with E-state index in [4.69, 9.17) is 0 Å². The predicted octanol–water partition coefficient (Wildman–Crippen LogP) is 4.97. The molecular weight excluding hydrogens is 374 g/mol. The summed E-state index contributed by atoms with van der Waals surface area (Å²) < 4.78 is 0. The number of carbonyl (C=O) groups is 2. The SMILES string of the molecule is CC(C)CNC(=O)c1ccc(N[C@@H]2c3ccccc3C(=O)N2C2CCCCC2)cc1. The van der Waals surface area contributed by atoms with E-state index in [1.165, 1.54) is 19.3 Å². The summed E-state index contributed by atoms with van der Waals surface area (Å²) in [4.78, 5) is 27.5. The lowest BCUT2D eigenvalue weighted by Crippen LogP contribution is -2.42. The Morgan fingerprint density at radius 2 is 1.73 bits per heavy atom. The third-order valence-electron chi connectivity index (χ3n) is 6.09. The molecule has 5 nitrogen and oxygen atoms in total. The number of amides is 2. The van der Waals surface area contributed by atoms with Crippen LogP contribution in [0.4, 0.5) is 5.69 Å². The van der Waals surface area contributed by atoms with Gasteiger partial charge in [0.05, 0.1) is 0 Å². The Labute approximate surface area is 178 Å². The third-order valence-corrected chi connectivity index (χ3v) is 6.09. The Morgan fingerprint density at radius 3 is 2.43 bits per heavy atom. The molecule has 1 atom stereocenters. The molecule has 5 heteroatoms. The molecular formula is C25H31N3O2. The fraction of sp³-hybridized carbons (Fsp3) is 0.440. The summed E-state index contributed by atoms with van der Waals surface area (Å²) in [5.74, 6) is 0.487. The molecule has 158 valence electrons. The topological polar surface area (TPSA) is 61.4 Å². The summed E-state index contributed by atoms with van der Waals surface area (Å²) >= 11 is 0. The zero-order valence-electron chi connectivity index (χ0n) is 17.9. The van der Waals surface area contributed by atoms with Gasteiger partial charge in [-0.1, -0.05) is 51.3 Å². The average Bonchev–Trinajstić information content (AvgIpc) is 3.05. The minimum absolute atomic E-state index is 0.0551. The van der Waals surface area contributed by atoms with Crippen LogP contribution < -0.4 is 10.6 Å². The van der Waals surface area contributed by atoms with Crippen LogP contribution in [-0.4, -0.2) is 29.3 Å². The van der Waals surface area contributed by atoms with Gasteiger partial charge in [-0.3, -0.25) is 9.59 Å². The standard InChI is InChI=1S/C25H31N3O2/c1-17(2)16-26-24(29)18-12-14-19(15-13-18)27-23-21-10-6-7-11-22(21)25(30)28(23)20-8-4-3-5-9-20/h6-7,10-15,17,20,23,27H,3-5,8-9,16H2,1-2H3,(H,26,29)/t23-/m0/s1. The van der Waals surface area contributed by atoms with Gasteiger partial charge in [0.2, 0.25) is 0 Å². The maximum absolute atomic E-state index is 13.2. The second-order valence-electron chi connectivity index (χ2n) is 8.82. The maximum atomic E-state index is 13.2. The first-order valence-corrected chi connectivity index (χ1v) is 11.1. The zero-order valence-corrected chi connectivity index (χ0v) is 17.9. The maximum Gasteiger partial charge on any atom is 0.256 e. The molecule has 0 spiro atoms. The summed E-state index contributed by atoms with van der Waals surface area (Å²) in [6, 6.07) is 15.7. The van der Waals surface area contributed by atoms with E-state index in [1.54, 1.807) is 0 Å². The van der Waals surface area contributed by atoms with Crippen molar-refractivity contribution in [1.82, 2.24) is 10.2 Å². The van der Waals surface area contributed by atoms with E-state index < -0.39 is 0 Å². The van der Waals surface area contributed by atoms with Crippen molar-refractivity contribution >= 4 is 17.5 Å². The highest BCUT2D eigenvalue weighted by Crippen LogP contribution is 2.39. The van der Waals surface area contributed by atoms with Crippen molar-refractivity contribution in [2.24, 2.45) is 5.92 Å². The fourth-order valence-corrected chi connectivity index (χ4v) is 4.49. The van der Waals surface area contributed by atoms with E-state index >= 15 is 0 Å². The molecule has 0 bridgehead atoms. The summed E-state index contributed by atoms with van der Waals surface area (Å²) in [6.07, 6.45) is 5.57. The van der Waals surface area contributed by atoms with Crippen molar-refractivity contribution in [3.63, 3.8) is 0 Å². The molecule has 1 saturated carbocycles. The summed E-state index contributed by atoms with van der Waals surface area (Å²) in [5, 5.41) is 6.51. The van der Waals surface area contributed by atoms with Crippen LogP contribution in [0.15, 0.2) is 48.5 Å². The van der Waals surface area contributed by atoms with Gasteiger partial charge in [-0.25, -0.2) is 0 Å². The van der Waals surface area contributed by atoms with E-state index in [9.17, 15) is 9.59 Å². The fourth-order valence-electron chi connectivity index (χ4n) is 4.49. The number of anilines is 1. The molecule has 1 fully saturated rings. The van der Waals surface area contributed by atoms with Crippen molar-refractivity contribution < 1.29 is 9.59 Å². The Bertz CT molecular complexity index is 901. The van der Waals surface area contributed by atoms with Gasteiger partial charge in [0.1, 0.15) is 6.17 Å². The minimum atomic E-state index is -0.169. The van der Waals surface area contributed by atoms with Gasteiger partial charge in [-0.2, -0.15) is 0 Å². The number of nitrogens with one attached hydrogen (secondary N) is 2. The molecule has 2 aromatic rings. The molecule has 1 aliphatic heterocycles. The lowest BCUT2D eigenvalue weighted by Gasteiger charge is -2.36. The largest absolute Gasteiger partial charge is 0.361 e. The van der Waals surface area contributed by atoms with E-state index in [1.807, 2.05) is 53.4 Å². The zero-order chi connectivity index (χ0) is 21.1. The van der Waals surface area contributed by atoms with Crippen LogP contribution in [0.2, 0.25) is 0 Å². The van der Waals surface area contributed by atoms with Crippen LogP contribution in [-0.2, 0) is 0 Å². The molecule has 0 aromatic heterocycles. The molecule has 0 radical (unpaired) electrons. The molecule has 2 amide bonds. The normalized spacial score (nSPS) is 19.1. The van der Waals surface area contributed by atoms with E-state index in [0.29, 0.717) is 18.0 Å². The minimum Gasteiger partial charge on any atom is -0.361 e. The van der Waals surface area contributed by atoms with Crippen LogP contribution in [0.1, 0.15) is 78.4 Å². The van der Waals surface area contributed by atoms with Crippen LogP contribution in [0.25, 0.3) is 0 Å². The van der Waals surface area contributed by atoms with Gasteiger partial charge >= 0.3 is 0 Å². The number of hydrogen-bond donors (Lipinski definition) is 2. The Balaban J connectivity index is 1.54. The molecule has 2 aliphatic rings.